The number of nitrogens with one attached hydrogen (secondary N) is 1. The Hall–Kier alpha value is -1.89. The average Bonchev–Trinajstić information content (AvgIpc) is 2.36. The zero-order chi connectivity index (χ0) is 13.8. The number of aromatic nitrogens is 1. The van der Waals surface area contributed by atoms with Gasteiger partial charge in [0.25, 0.3) is 0 Å². The predicted octanol–water partition coefficient (Wildman–Crippen LogP) is 1.53. The monoisotopic (exact) mass is 254 g/mol. The van der Waals surface area contributed by atoms with Crippen molar-refractivity contribution in [2.75, 3.05) is 17.7 Å². The van der Waals surface area contributed by atoms with Gasteiger partial charge < -0.3 is 16.2 Å². The summed E-state index contributed by atoms with van der Waals surface area (Å²) in [5.41, 5.74) is 4.77. The molecule has 4 N–H and O–H groups in total. The van der Waals surface area contributed by atoms with Crippen LogP contribution < -0.4 is 11.1 Å². The lowest BCUT2D eigenvalue weighted by molar-refractivity contribution is -0.384. The first kappa shape index (κ1) is 14.2. The van der Waals surface area contributed by atoms with Crippen molar-refractivity contribution < 1.29 is 10.0 Å². The summed E-state index contributed by atoms with van der Waals surface area (Å²) in [4.78, 5) is 14.3. The van der Waals surface area contributed by atoms with Crippen molar-refractivity contribution in [1.82, 2.24) is 4.98 Å². The lowest BCUT2D eigenvalue weighted by atomic mass is 9.94. The number of nitrogen functional groups attached to an aromatic ring is 1. The highest BCUT2D eigenvalue weighted by molar-refractivity contribution is 5.60. The van der Waals surface area contributed by atoms with Crippen LogP contribution in [0.1, 0.15) is 26.7 Å². The molecule has 1 rings (SSSR count). The van der Waals surface area contributed by atoms with E-state index in [1.54, 1.807) is 0 Å². The van der Waals surface area contributed by atoms with Crippen LogP contribution >= 0.6 is 0 Å². The fourth-order valence-electron chi connectivity index (χ4n) is 1.65. The van der Waals surface area contributed by atoms with E-state index in [1.807, 2.05) is 13.8 Å². The highest BCUT2D eigenvalue weighted by Gasteiger charge is 2.29. The number of aliphatic hydroxyl groups excluding tert-OH is 1. The van der Waals surface area contributed by atoms with Crippen LogP contribution in [0.3, 0.4) is 0 Å². The lowest BCUT2D eigenvalue weighted by Gasteiger charge is -2.31. The van der Waals surface area contributed by atoms with E-state index in [1.165, 1.54) is 12.1 Å². The van der Waals surface area contributed by atoms with Gasteiger partial charge in [0.1, 0.15) is 5.82 Å². The van der Waals surface area contributed by atoms with Gasteiger partial charge in [-0.2, -0.15) is 0 Å². The molecule has 0 spiro atoms. The Balaban J connectivity index is 3.16. The number of nitrogens with zero attached hydrogens (tertiary/aromatic N) is 2. The third-order valence-corrected chi connectivity index (χ3v) is 3.13. The van der Waals surface area contributed by atoms with Gasteiger partial charge in [-0.05, 0) is 18.9 Å². The first-order chi connectivity index (χ1) is 8.48. The average molecular weight is 254 g/mol. The van der Waals surface area contributed by atoms with Crippen LogP contribution in [0, 0.1) is 10.1 Å². The van der Waals surface area contributed by atoms with E-state index in [4.69, 9.17) is 5.73 Å². The maximum absolute atomic E-state index is 10.9. The van der Waals surface area contributed by atoms with Crippen LogP contribution in [-0.2, 0) is 0 Å². The normalized spacial score (nSPS) is 11.3. The van der Waals surface area contributed by atoms with E-state index in [0.29, 0.717) is 12.8 Å². The Morgan fingerprint density at radius 3 is 2.56 bits per heavy atom. The molecule has 0 fully saturated rings. The summed E-state index contributed by atoms with van der Waals surface area (Å²) in [5.74, 6) is 0.292. The number of hydrogen-bond acceptors (Lipinski definition) is 6. The highest BCUT2D eigenvalue weighted by atomic mass is 16.6. The summed E-state index contributed by atoms with van der Waals surface area (Å²) < 4.78 is 0. The molecule has 0 atom stereocenters. The molecule has 0 unspecified atom stereocenters. The molecule has 1 aromatic rings. The maximum Gasteiger partial charge on any atom is 0.311 e. The fraction of sp³-hybridized carbons (Fsp3) is 0.545. The quantitative estimate of drug-likeness (QED) is 0.524. The minimum Gasteiger partial charge on any atom is -0.394 e. The molecule has 0 bridgehead atoms. The van der Waals surface area contributed by atoms with Crippen LogP contribution in [0.15, 0.2) is 12.1 Å². The first-order valence-electron chi connectivity index (χ1n) is 5.78. The SMILES string of the molecule is CCC(CC)(CO)Nc1nc(N)ccc1[N+](=O)[O-]. The molecule has 0 aliphatic rings. The maximum atomic E-state index is 10.9. The summed E-state index contributed by atoms with van der Waals surface area (Å²) in [7, 11) is 0. The number of nitrogens with two attached hydrogens (primary N) is 1. The number of rotatable bonds is 6. The first-order valence-corrected chi connectivity index (χ1v) is 5.78. The van der Waals surface area contributed by atoms with E-state index in [-0.39, 0.29) is 23.9 Å². The van der Waals surface area contributed by atoms with Crippen LogP contribution in [0.4, 0.5) is 17.3 Å². The van der Waals surface area contributed by atoms with E-state index >= 15 is 0 Å². The summed E-state index contributed by atoms with van der Waals surface area (Å²) in [6, 6.07) is 2.68. The molecule has 0 radical (unpaired) electrons. The number of aliphatic hydroxyl groups is 1. The highest BCUT2D eigenvalue weighted by Crippen LogP contribution is 2.28. The minimum absolute atomic E-state index is 0.0951. The third-order valence-electron chi connectivity index (χ3n) is 3.13. The van der Waals surface area contributed by atoms with E-state index < -0.39 is 10.5 Å². The standard InChI is InChI=1S/C11H18N4O3/c1-3-11(4-2,7-16)14-10-8(15(17)18)5-6-9(12)13-10/h5-6,16H,3-4,7H2,1-2H3,(H3,12,13,14). The van der Waals surface area contributed by atoms with Crippen molar-refractivity contribution in [2.45, 2.75) is 32.2 Å². The van der Waals surface area contributed by atoms with Gasteiger partial charge in [-0.3, -0.25) is 10.1 Å². The van der Waals surface area contributed by atoms with Crippen LogP contribution in [0.5, 0.6) is 0 Å². The molecule has 0 aliphatic heterocycles. The Kier molecular flexibility index (Phi) is 4.43. The van der Waals surface area contributed by atoms with Crippen LogP contribution in [0.25, 0.3) is 0 Å². The van der Waals surface area contributed by atoms with Crippen molar-refractivity contribution in [2.24, 2.45) is 0 Å². The van der Waals surface area contributed by atoms with E-state index in [0.717, 1.165) is 0 Å². The van der Waals surface area contributed by atoms with Crippen molar-refractivity contribution in [3.05, 3.63) is 22.2 Å². The van der Waals surface area contributed by atoms with Crippen molar-refractivity contribution >= 4 is 17.3 Å². The smallest absolute Gasteiger partial charge is 0.311 e. The second-order valence-electron chi connectivity index (χ2n) is 4.13. The number of nitro groups is 1. The number of hydrogen-bond donors (Lipinski definition) is 3. The van der Waals surface area contributed by atoms with Gasteiger partial charge in [-0.25, -0.2) is 4.98 Å². The third kappa shape index (κ3) is 2.86. The Bertz CT molecular complexity index is 424. The molecule has 7 nitrogen and oxygen atoms in total. The van der Waals surface area contributed by atoms with E-state index in [9.17, 15) is 15.2 Å². The summed E-state index contributed by atoms with van der Waals surface area (Å²) in [6.07, 6.45) is 1.24. The minimum atomic E-state index is -0.619. The Morgan fingerprint density at radius 1 is 1.50 bits per heavy atom. The molecule has 0 aromatic carbocycles. The molecule has 7 heteroatoms. The summed E-state index contributed by atoms with van der Waals surface area (Å²) in [6.45, 7) is 3.66. The van der Waals surface area contributed by atoms with E-state index in [2.05, 4.69) is 10.3 Å². The summed E-state index contributed by atoms with van der Waals surface area (Å²) in [5, 5.41) is 23.3. The molecular formula is C11H18N4O3. The molecule has 1 heterocycles. The van der Waals surface area contributed by atoms with Gasteiger partial charge in [-0.1, -0.05) is 13.8 Å². The van der Waals surface area contributed by atoms with Crippen LogP contribution in [0.2, 0.25) is 0 Å². The molecule has 0 amide bonds. The fourth-order valence-corrected chi connectivity index (χ4v) is 1.65. The van der Waals surface area contributed by atoms with Gasteiger partial charge >= 0.3 is 5.69 Å². The largest absolute Gasteiger partial charge is 0.394 e. The summed E-state index contributed by atoms with van der Waals surface area (Å²) >= 11 is 0. The zero-order valence-electron chi connectivity index (χ0n) is 10.5. The van der Waals surface area contributed by atoms with Gasteiger partial charge in [0, 0.05) is 6.07 Å². The van der Waals surface area contributed by atoms with Crippen molar-refractivity contribution in [1.29, 1.82) is 0 Å². The number of anilines is 2. The topological polar surface area (TPSA) is 114 Å². The van der Waals surface area contributed by atoms with Crippen molar-refractivity contribution in [3.63, 3.8) is 0 Å². The molecule has 18 heavy (non-hydrogen) atoms. The number of pyridine rings is 1. The van der Waals surface area contributed by atoms with Crippen LogP contribution in [-0.4, -0.2) is 27.2 Å². The Labute approximate surface area is 105 Å². The van der Waals surface area contributed by atoms with Crippen molar-refractivity contribution in [3.8, 4) is 0 Å². The van der Waals surface area contributed by atoms with Gasteiger partial charge in [0.05, 0.1) is 17.1 Å². The second-order valence-corrected chi connectivity index (χ2v) is 4.13. The molecular weight excluding hydrogens is 236 g/mol. The van der Waals surface area contributed by atoms with Gasteiger partial charge in [-0.15, -0.1) is 0 Å². The Morgan fingerprint density at radius 2 is 2.11 bits per heavy atom. The molecule has 1 aromatic heterocycles. The molecule has 0 saturated heterocycles. The predicted molar refractivity (Wildman–Crippen MR) is 69.3 cm³/mol. The van der Waals surface area contributed by atoms with Gasteiger partial charge in [0.2, 0.25) is 5.82 Å². The molecule has 100 valence electrons. The molecule has 0 saturated carbocycles. The van der Waals surface area contributed by atoms with Gasteiger partial charge in [0.15, 0.2) is 0 Å². The zero-order valence-corrected chi connectivity index (χ0v) is 10.5. The lowest BCUT2D eigenvalue weighted by Crippen LogP contribution is -2.41. The molecule has 0 aliphatic carbocycles. The second kappa shape index (κ2) is 5.63.